The van der Waals surface area contributed by atoms with E-state index in [1.807, 2.05) is 0 Å². The fourth-order valence-corrected chi connectivity index (χ4v) is 1.27. The van der Waals surface area contributed by atoms with Crippen LogP contribution in [0, 0.1) is 11.2 Å². The van der Waals surface area contributed by atoms with Crippen molar-refractivity contribution in [3.63, 3.8) is 0 Å². The van der Waals surface area contributed by atoms with E-state index in [-0.39, 0.29) is 23.6 Å². The van der Waals surface area contributed by atoms with Crippen molar-refractivity contribution in [3.8, 4) is 0 Å². The first kappa shape index (κ1) is 12.0. The van der Waals surface area contributed by atoms with Crippen LogP contribution in [-0.4, -0.2) is 30.5 Å². The van der Waals surface area contributed by atoms with Gasteiger partial charge in [-0.15, -0.1) is 0 Å². The molecular formula is C10H12FN3O2. The third-order valence-electron chi connectivity index (χ3n) is 2.04. The van der Waals surface area contributed by atoms with Crippen LogP contribution in [0.25, 0.3) is 0 Å². The summed E-state index contributed by atoms with van der Waals surface area (Å²) in [6.45, 7) is -0.295. The van der Waals surface area contributed by atoms with Crippen molar-refractivity contribution in [2.75, 3.05) is 18.5 Å². The lowest BCUT2D eigenvalue weighted by molar-refractivity contribution is -0.135. The number of halogens is 1. The fourth-order valence-electron chi connectivity index (χ4n) is 1.27. The molecule has 0 atom stereocenters. The van der Waals surface area contributed by atoms with Crippen LogP contribution in [0.2, 0.25) is 0 Å². The molecule has 16 heavy (non-hydrogen) atoms. The maximum Gasteiger partial charge on any atom is 0.323 e. The van der Waals surface area contributed by atoms with E-state index in [4.69, 9.17) is 16.2 Å². The number of rotatable bonds is 4. The molecule has 0 aliphatic rings. The zero-order valence-electron chi connectivity index (χ0n) is 8.70. The summed E-state index contributed by atoms with van der Waals surface area (Å²) in [5.74, 6) is -1.87. The molecular weight excluding hydrogens is 213 g/mol. The van der Waals surface area contributed by atoms with E-state index in [0.29, 0.717) is 0 Å². The lowest BCUT2D eigenvalue weighted by atomic mass is 10.1. The Morgan fingerprint density at radius 2 is 2.25 bits per heavy atom. The van der Waals surface area contributed by atoms with Crippen molar-refractivity contribution in [3.05, 3.63) is 29.6 Å². The molecule has 0 fully saturated rings. The van der Waals surface area contributed by atoms with Gasteiger partial charge < -0.3 is 15.7 Å². The molecule has 1 aromatic rings. The van der Waals surface area contributed by atoms with Crippen LogP contribution in [0.3, 0.4) is 0 Å². The number of hydrogen-bond donors (Lipinski definition) is 3. The molecule has 0 amide bonds. The number of amidine groups is 1. The van der Waals surface area contributed by atoms with Crippen LogP contribution in [0.4, 0.5) is 10.1 Å². The smallest absolute Gasteiger partial charge is 0.323 e. The number of likely N-dealkylation sites (N-methyl/N-ethyl adjacent to an activating group) is 1. The van der Waals surface area contributed by atoms with Gasteiger partial charge in [0, 0.05) is 12.6 Å². The first-order chi connectivity index (χ1) is 7.41. The summed E-state index contributed by atoms with van der Waals surface area (Å²) < 4.78 is 13.5. The number of hydrogen-bond acceptors (Lipinski definition) is 3. The summed E-state index contributed by atoms with van der Waals surface area (Å²) in [4.78, 5) is 11.7. The van der Waals surface area contributed by atoms with Crippen molar-refractivity contribution < 1.29 is 14.3 Å². The van der Waals surface area contributed by atoms with E-state index in [2.05, 4.69) is 0 Å². The van der Waals surface area contributed by atoms with Gasteiger partial charge in [0.1, 0.15) is 18.2 Å². The van der Waals surface area contributed by atoms with Gasteiger partial charge in [-0.3, -0.25) is 10.2 Å². The number of carboxylic acids is 1. The monoisotopic (exact) mass is 225 g/mol. The summed E-state index contributed by atoms with van der Waals surface area (Å²) in [6, 6.07) is 3.98. The van der Waals surface area contributed by atoms with Crippen molar-refractivity contribution in [2.24, 2.45) is 5.73 Å². The Morgan fingerprint density at radius 1 is 1.62 bits per heavy atom. The van der Waals surface area contributed by atoms with E-state index in [0.717, 1.165) is 6.07 Å². The highest BCUT2D eigenvalue weighted by Crippen LogP contribution is 2.18. The Balaban J connectivity index is 2.98. The van der Waals surface area contributed by atoms with Gasteiger partial charge in [0.25, 0.3) is 0 Å². The van der Waals surface area contributed by atoms with Crippen molar-refractivity contribution in [1.82, 2.24) is 0 Å². The molecule has 1 aromatic carbocycles. The molecule has 5 nitrogen and oxygen atoms in total. The highest BCUT2D eigenvalue weighted by molar-refractivity contribution is 5.95. The largest absolute Gasteiger partial charge is 0.480 e. The number of nitrogens with zero attached hydrogens (tertiary/aromatic N) is 1. The predicted octanol–water partition coefficient (Wildman–Crippen LogP) is 0.631. The molecule has 0 heterocycles. The fraction of sp³-hybridized carbons (Fsp3) is 0.200. The Labute approximate surface area is 91.8 Å². The summed E-state index contributed by atoms with van der Waals surface area (Å²) in [6.07, 6.45) is 0. The van der Waals surface area contributed by atoms with Crippen molar-refractivity contribution in [2.45, 2.75) is 0 Å². The van der Waals surface area contributed by atoms with Gasteiger partial charge in [-0.05, 0) is 18.2 Å². The topological polar surface area (TPSA) is 90.4 Å². The second-order valence-corrected chi connectivity index (χ2v) is 3.33. The zero-order valence-corrected chi connectivity index (χ0v) is 8.70. The summed E-state index contributed by atoms with van der Waals surface area (Å²) in [7, 11) is 1.47. The molecule has 0 radical (unpaired) electrons. The van der Waals surface area contributed by atoms with E-state index >= 15 is 0 Å². The third-order valence-corrected chi connectivity index (χ3v) is 2.04. The summed E-state index contributed by atoms with van der Waals surface area (Å²) in [5.41, 5.74) is 5.63. The van der Waals surface area contributed by atoms with Gasteiger partial charge >= 0.3 is 5.97 Å². The van der Waals surface area contributed by atoms with Gasteiger partial charge in [0.15, 0.2) is 0 Å². The van der Waals surface area contributed by atoms with E-state index < -0.39 is 11.8 Å². The van der Waals surface area contributed by atoms with Crippen LogP contribution in [0.5, 0.6) is 0 Å². The zero-order chi connectivity index (χ0) is 12.3. The molecule has 0 aromatic heterocycles. The molecule has 1 rings (SSSR count). The normalized spacial score (nSPS) is 9.88. The molecule has 0 aliphatic heterocycles. The number of anilines is 1. The number of aliphatic carboxylic acids is 1. The summed E-state index contributed by atoms with van der Waals surface area (Å²) in [5, 5.41) is 15.7. The molecule has 0 aliphatic carbocycles. The van der Waals surface area contributed by atoms with Gasteiger partial charge in [0.2, 0.25) is 0 Å². The molecule has 0 saturated carbocycles. The van der Waals surface area contributed by atoms with Crippen LogP contribution < -0.4 is 10.6 Å². The van der Waals surface area contributed by atoms with Crippen molar-refractivity contribution >= 4 is 17.5 Å². The average molecular weight is 225 g/mol. The Kier molecular flexibility index (Phi) is 3.44. The second kappa shape index (κ2) is 4.61. The number of carbonyl (C=O) groups is 1. The highest BCUT2D eigenvalue weighted by atomic mass is 19.1. The van der Waals surface area contributed by atoms with Crippen LogP contribution in [0.15, 0.2) is 18.2 Å². The average Bonchev–Trinajstić information content (AvgIpc) is 2.15. The maximum atomic E-state index is 13.5. The molecule has 0 spiro atoms. The maximum absolute atomic E-state index is 13.5. The molecule has 0 saturated heterocycles. The van der Waals surface area contributed by atoms with E-state index in [1.165, 1.54) is 24.1 Å². The Bertz CT molecular complexity index is 434. The minimum absolute atomic E-state index is 0.160. The predicted molar refractivity (Wildman–Crippen MR) is 58.3 cm³/mol. The van der Waals surface area contributed by atoms with E-state index in [9.17, 15) is 9.18 Å². The number of carboxylic acid groups (broad SMARTS) is 1. The van der Waals surface area contributed by atoms with E-state index in [1.54, 1.807) is 0 Å². The second-order valence-electron chi connectivity index (χ2n) is 3.33. The molecule has 0 bridgehead atoms. The molecule has 6 heteroatoms. The lowest BCUT2D eigenvalue weighted by Crippen LogP contribution is -2.26. The SMILES string of the molecule is CN(CC(=O)O)c1ccc(C(=N)N)cc1F. The first-order valence-corrected chi connectivity index (χ1v) is 4.48. The minimum Gasteiger partial charge on any atom is -0.480 e. The van der Waals surface area contributed by atoms with Gasteiger partial charge in [-0.25, -0.2) is 4.39 Å². The standard InChI is InChI=1S/C10H12FN3O2/c1-14(5-9(15)16)8-3-2-6(10(12)13)4-7(8)11/h2-4H,5H2,1H3,(H3,12,13)(H,15,16). The Morgan fingerprint density at radius 3 is 2.69 bits per heavy atom. The number of nitrogen functional groups attached to an aromatic ring is 1. The van der Waals surface area contributed by atoms with Crippen LogP contribution in [0.1, 0.15) is 5.56 Å². The Hall–Kier alpha value is -2.11. The van der Waals surface area contributed by atoms with Gasteiger partial charge in [-0.2, -0.15) is 0 Å². The number of nitrogens with one attached hydrogen (secondary N) is 1. The molecule has 0 unspecified atom stereocenters. The number of benzene rings is 1. The van der Waals surface area contributed by atoms with Gasteiger partial charge in [-0.1, -0.05) is 0 Å². The van der Waals surface area contributed by atoms with Crippen LogP contribution in [-0.2, 0) is 4.79 Å². The van der Waals surface area contributed by atoms with Gasteiger partial charge in [0.05, 0.1) is 5.69 Å². The molecule has 86 valence electrons. The van der Waals surface area contributed by atoms with Crippen molar-refractivity contribution in [1.29, 1.82) is 5.41 Å². The summed E-state index contributed by atoms with van der Waals surface area (Å²) >= 11 is 0. The minimum atomic E-state index is -1.04. The lowest BCUT2D eigenvalue weighted by Gasteiger charge is -2.17. The molecule has 4 N–H and O–H groups in total. The highest BCUT2D eigenvalue weighted by Gasteiger charge is 2.11. The quantitative estimate of drug-likeness (QED) is 0.517. The first-order valence-electron chi connectivity index (χ1n) is 4.48. The third kappa shape index (κ3) is 2.69. The number of nitrogens with two attached hydrogens (primary N) is 1. The van der Waals surface area contributed by atoms with Crippen LogP contribution >= 0.6 is 0 Å².